The maximum atomic E-state index is 12.3. The van der Waals surface area contributed by atoms with Crippen LogP contribution in [0.15, 0.2) is 48.5 Å². The summed E-state index contributed by atoms with van der Waals surface area (Å²) in [6.45, 7) is 0.781. The largest absolute Gasteiger partial charge is 0.573 e. The molecule has 0 spiro atoms. The van der Waals surface area contributed by atoms with Gasteiger partial charge in [-0.3, -0.25) is 0 Å². The lowest BCUT2D eigenvalue weighted by Gasteiger charge is -2.10. The molecular weight excluding hydrogens is 367 g/mol. The summed E-state index contributed by atoms with van der Waals surface area (Å²) in [5, 5.41) is 8.58. The van der Waals surface area contributed by atoms with Gasteiger partial charge in [-0.1, -0.05) is 23.7 Å². The van der Waals surface area contributed by atoms with Gasteiger partial charge in [0.15, 0.2) is 0 Å². The molecule has 1 aromatic heterocycles. The molecule has 8 heteroatoms. The molecule has 1 aliphatic heterocycles. The van der Waals surface area contributed by atoms with E-state index in [9.17, 15) is 13.2 Å². The first-order valence-electron chi connectivity index (χ1n) is 7.88. The van der Waals surface area contributed by atoms with E-state index >= 15 is 0 Å². The highest BCUT2D eigenvalue weighted by molar-refractivity contribution is 6.30. The molecule has 0 amide bonds. The van der Waals surface area contributed by atoms with Gasteiger partial charge in [0.25, 0.3) is 0 Å². The van der Waals surface area contributed by atoms with Crippen LogP contribution in [-0.2, 0) is 6.42 Å². The van der Waals surface area contributed by atoms with Crippen LogP contribution in [0.25, 0.3) is 16.9 Å². The van der Waals surface area contributed by atoms with Crippen molar-refractivity contribution in [2.45, 2.75) is 12.8 Å². The molecule has 0 fully saturated rings. The number of benzene rings is 2. The van der Waals surface area contributed by atoms with E-state index in [0.29, 0.717) is 10.7 Å². The molecular formula is C18H13ClF3N3O. The second-order valence-electron chi connectivity index (χ2n) is 5.81. The smallest absolute Gasteiger partial charge is 0.406 e. The van der Waals surface area contributed by atoms with E-state index in [2.05, 4.69) is 15.2 Å². The SMILES string of the molecule is FC(F)(F)Oc1ccc(-n2nc(-c3ccc(Cl)cc3)c3c2NCC3)cc1. The molecule has 1 aliphatic rings. The van der Waals surface area contributed by atoms with Crippen molar-refractivity contribution in [1.29, 1.82) is 0 Å². The van der Waals surface area contributed by atoms with Gasteiger partial charge < -0.3 is 10.1 Å². The number of aromatic nitrogens is 2. The molecule has 2 aromatic carbocycles. The quantitative estimate of drug-likeness (QED) is 0.691. The maximum absolute atomic E-state index is 12.3. The van der Waals surface area contributed by atoms with Crippen LogP contribution >= 0.6 is 11.6 Å². The minimum atomic E-state index is -4.71. The Morgan fingerprint density at radius 2 is 1.73 bits per heavy atom. The van der Waals surface area contributed by atoms with Gasteiger partial charge in [0.05, 0.1) is 11.4 Å². The van der Waals surface area contributed by atoms with E-state index in [1.807, 2.05) is 12.1 Å². The summed E-state index contributed by atoms with van der Waals surface area (Å²) in [6, 6.07) is 13.0. The first kappa shape index (κ1) is 16.8. The Hall–Kier alpha value is -2.67. The topological polar surface area (TPSA) is 39.1 Å². The number of hydrogen-bond acceptors (Lipinski definition) is 3. The van der Waals surface area contributed by atoms with E-state index in [1.165, 1.54) is 12.1 Å². The van der Waals surface area contributed by atoms with Gasteiger partial charge in [0, 0.05) is 22.7 Å². The van der Waals surface area contributed by atoms with Gasteiger partial charge in [0.1, 0.15) is 11.6 Å². The second kappa shape index (κ2) is 6.25. The zero-order chi connectivity index (χ0) is 18.3. The number of nitrogens with zero attached hydrogens (tertiary/aromatic N) is 2. The highest BCUT2D eigenvalue weighted by Crippen LogP contribution is 2.35. The first-order chi connectivity index (χ1) is 12.4. The Kier molecular flexibility index (Phi) is 4.03. The summed E-state index contributed by atoms with van der Waals surface area (Å²) in [7, 11) is 0. The Morgan fingerprint density at radius 3 is 2.38 bits per heavy atom. The minimum absolute atomic E-state index is 0.268. The van der Waals surface area contributed by atoms with Crippen LogP contribution in [0.1, 0.15) is 5.56 Å². The molecule has 0 aliphatic carbocycles. The highest BCUT2D eigenvalue weighted by Gasteiger charge is 2.31. The zero-order valence-electron chi connectivity index (χ0n) is 13.3. The minimum Gasteiger partial charge on any atom is -0.406 e. The third-order valence-corrected chi connectivity index (χ3v) is 4.34. The highest BCUT2D eigenvalue weighted by atomic mass is 35.5. The van der Waals surface area contributed by atoms with Crippen molar-refractivity contribution in [3.05, 3.63) is 59.1 Å². The number of rotatable bonds is 3. The van der Waals surface area contributed by atoms with Crippen molar-refractivity contribution in [3.63, 3.8) is 0 Å². The van der Waals surface area contributed by atoms with Crippen molar-refractivity contribution in [2.75, 3.05) is 11.9 Å². The van der Waals surface area contributed by atoms with Gasteiger partial charge in [-0.25, -0.2) is 4.68 Å². The molecule has 4 rings (SSSR count). The van der Waals surface area contributed by atoms with Gasteiger partial charge in [-0.15, -0.1) is 13.2 Å². The molecule has 1 N–H and O–H groups in total. The number of hydrogen-bond donors (Lipinski definition) is 1. The average molecular weight is 380 g/mol. The molecule has 134 valence electrons. The van der Waals surface area contributed by atoms with Gasteiger partial charge >= 0.3 is 6.36 Å². The fourth-order valence-corrected chi connectivity index (χ4v) is 3.12. The summed E-state index contributed by atoms with van der Waals surface area (Å²) < 4.78 is 42.5. The number of anilines is 1. The molecule has 0 atom stereocenters. The Balaban J connectivity index is 1.71. The molecule has 0 saturated heterocycles. The van der Waals surface area contributed by atoms with E-state index in [0.717, 1.165) is 35.6 Å². The summed E-state index contributed by atoms with van der Waals surface area (Å²) >= 11 is 5.95. The molecule has 26 heavy (non-hydrogen) atoms. The van der Waals surface area contributed by atoms with Crippen molar-refractivity contribution in [3.8, 4) is 22.7 Å². The van der Waals surface area contributed by atoms with Crippen molar-refractivity contribution in [1.82, 2.24) is 9.78 Å². The molecule has 4 nitrogen and oxygen atoms in total. The zero-order valence-corrected chi connectivity index (χ0v) is 14.1. The van der Waals surface area contributed by atoms with E-state index in [1.54, 1.807) is 28.9 Å². The number of ether oxygens (including phenoxy) is 1. The molecule has 0 saturated carbocycles. The fraction of sp³-hybridized carbons (Fsp3) is 0.167. The first-order valence-corrected chi connectivity index (χ1v) is 8.26. The Bertz CT molecular complexity index is 934. The van der Waals surface area contributed by atoms with E-state index in [-0.39, 0.29) is 5.75 Å². The lowest BCUT2D eigenvalue weighted by molar-refractivity contribution is -0.274. The summed E-state index contributed by atoms with van der Waals surface area (Å²) in [4.78, 5) is 0. The van der Waals surface area contributed by atoms with Crippen LogP contribution in [0.5, 0.6) is 5.75 Å². The number of fused-ring (bicyclic) bond motifs is 1. The predicted octanol–water partition coefficient (Wildman–Crippen LogP) is 5.06. The number of halogens is 4. The lowest BCUT2D eigenvalue weighted by atomic mass is 10.1. The van der Waals surface area contributed by atoms with Crippen LogP contribution < -0.4 is 10.1 Å². The molecule has 3 aromatic rings. The Morgan fingerprint density at radius 1 is 1.04 bits per heavy atom. The molecule has 0 bridgehead atoms. The van der Waals surface area contributed by atoms with E-state index in [4.69, 9.17) is 11.6 Å². The maximum Gasteiger partial charge on any atom is 0.573 e. The van der Waals surface area contributed by atoms with Crippen molar-refractivity contribution in [2.24, 2.45) is 0 Å². The third kappa shape index (κ3) is 3.22. The van der Waals surface area contributed by atoms with Gasteiger partial charge in [-0.05, 0) is 42.8 Å². The van der Waals surface area contributed by atoms with Gasteiger partial charge in [-0.2, -0.15) is 5.10 Å². The van der Waals surface area contributed by atoms with E-state index < -0.39 is 6.36 Å². The van der Waals surface area contributed by atoms with Crippen LogP contribution in [0.4, 0.5) is 19.0 Å². The van der Waals surface area contributed by atoms with Crippen LogP contribution in [0.2, 0.25) is 5.02 Å². The summed E-state index contributed by atoms with van der Waals surface area (Å²) in [5.41, 5.74) is 3.48. The van der Waals surface area contributed by atoms with Crippen LogP contribution in [0.3, 0.4) is 0 Å². The fourth-order valence-electron chi connectivity index (χ4n) is 2.99. The monoisotopic (exact) mass is 379 g/mol. The molecule has 2 heterocycles. The second-order valence-corrected chi connectivity index (χ2v) is 6.25. The van der Waals surface area contributed by atoms with Crippen molar-refractivity contribution < 1.29 is 17.9 Å². The predicted molar refractivity (Wildman–Crippen MR) is 92.9 cm³/mol. The standard InChI is InChI=1S/C18H13ClF3N3O/c19-12-3-1-11(2-4-12)16-15-9-10-23-17(15)25(24-16)13-5-7-14(8-6-13)26-18(20,21)22/h1-8,23H,9-10H2. The molecule has 0 radical (unpaired) electrons. The Labute approximate surface area is 152 Å². The van der Waals surface area contributed by atoms with Crippen LogP contribution in [0, 0.1) is 0 Å². The number of nitrogens with one attached hydrogen (secondary N) is 1. The molecule has 0 unspecified atom stereocenters. The average Bonchev–Trinajstić information content (AvgIpc) is 3.18. The summed E-state index contributed by atoms with van der Waals surface area (Å²) in [5.74, 6) is 0.579. The van der Waals surface area contributed by atoms with Crippen molar-refractivity contribution >= 4 is 17.4 Å². The number of alkyl halides is 3. The lowest BCUT2D eigenvalue weighted by Crippen LogP contribution is -2.17. The van der Waals surface area contributed by atoms with Gasteiger partial charge in [0.2, 0.25) is 0 Å². The third-order valence-electron chi connectivity index (χ3n) is 4.08. The summed E-state index contributed by atoms with van der Waals surface area (Å²) in [6.07, 6.45) is -3.89. The van der Waals surface area contributed by atoms with Crippen LogP contribution in [-0.4, -0.2) is 22.7 Å². The normalized spacial score (nSPS) is 13.4.